The van der Waals surface area contributed by atoms with Crippen LogP contribution < -0.4 is 18.9 Å². The van der Waals surface area contributed by atoms with Gasteiger partial charge in [0.25, 0.3) is 0 Å². The lowest BCUT2D eigenvalue weighted by molar-refractivity contribution is 0.327. The predicted octanol–water partition coefficient (Wildman–Crippen LogP) is 5.60. The van der Waals surface area contributed by atoms with E-state index in [-0.39, 0.29) is 5.15 Å². The first-order chi connectivity index (χ1) is 18.6. The minimum Gasteiger partial charge on any atom is -0.494 e. The van der Waals surface area contributed by atoms with Crippen LogP contribution in [0.15, 0.2) is 60.8 Å². The van der Waals surface area contributed by atoms with Gasteiger partial charge in [-0.3, -0.25) is 9.55 Å². The number of para-hydroxylation sites is 1. The summed E-state index contributed by atoms with van der Waals surface area (Å²) in [6.45, 7) is 2.39. The molecule has 38 heavy (non-hydrogen) atoms. The predicted molar refractivity (Wildman–Crippen MR) is 148 cm³/mol. The van der Waals surface area contributed by atoms with Gasteiger partial charge in [0.2, 0.25) is 5.88 Å². The number of fused-ring (bicyclic) bond motifs is 1. The van der Waals surface area contributed by atoms with Crippen LogP contribution in [0, 0.1) is 0 Å². The first kappa shape index (κ1) is 25.6. The van der Waals surface area contributed by atoms with Crippen molar-refractivity contribution in [2.45, 2.75) is 12.7 Å². The second-order valence-corrected chi connectivity index (χ2v) is 8.94. The van der Waals surface area contributed by atoms with Crippen LogP contribution in [0.3, 0.4) is 0 Å². The van der Waals surface area contributed by atoms with Gasteiger partial charge in [-0.05, 0) is 49.2 Å². The van der Waals surface area contributed by atoms with Crippen LogP contribution in [-0.4, -0.2) is 50.3 Å². The monoisotopic (exact) mass is 549 g/mol. The fourth-order valence-corrected chi connectivity index (χ4v) is 4.70. The highest BCUT2D eigenvalue weighted by Gasteiger charge is 2.25. The van der Waals surface area contributed by atoms with Crippen molar-refractivity contribution in [3.8, 4) is 34.6 Å². The molecule has 0 fully saturated rings. The molecule has 0 aliphatic heterocycles. The summed E-state index contributed by atoms with van der Waals surface area (Å²) in [5, 5.41) is 0.185. The Balaban J connectivity index is 1.67. The van der Waals surface area contributed by atoms with Crippen molar-refractivity contribution in [2.75, 3.05) is 25.5 Å². The molecule has 1 aromatic carbocycles. The average Bonchev–Trinajstić information content (AvgIpc) is 3.31. The lowest BCUT2D eigenvalue weighted by atomic mass is 10.2. The number of halogens is 1. The van der Waals surface area contributed by atoms with Crippen molar-refractivity contribution in [1.82, 2.24) is 29.5 Å². The number of ether oxygens (including phenoxy) is 3. The maximum atomic E-state index is 6.52. The number of benzene rings is 1. The molecule has 0 saturated carbocycles. The van der Waals surface area contributed by atoms with Gasteiger partial charge in [-0.2, -0.15) is 0 Å². The number of imidazole rings is 1. The molecule has 0 radical (unpaired) electrons. The molecule has 194 valence electrons. The van der Waals surface area contributed by atoms with E-state index in [1.54, 1.807) is 26.5 Å². The zero-order chi connectivity index (χ0) is 26.5. The lowest BCUT2D eigenvalue weighted by Crippen LogP contribution is -2.06. The van der Waals surface area contributed by atoms with E-state index in [1.807, 2.05) is 60.0 Å². The van der Waals surface area contributed by atoms with Crippen LogP contribution in [0.1, 0.15) is 12.6 Å². The van der Waals surface area contributed by atoms with E-state index in [4.69, 9.17) is 35.8 Å². The van der Waals surface area contributed by atoms with Crippen molar-refractivity contribution in [3.05, 3.63) is 71.6 Å². The number of anilines is 1. The van der Waals surface area contributed by atoms with Gasteiger partial charge in [-0.25, -0.2) is 19.9 Å². The SMILES string of the molecule is CCOc1cccc(-c2nc3nc(Cl)c(NSCc4ccccn4)nc3n2-c2c(OC)cccc2OC)n1. The van der Waals surface area contributed by atoms with Crippen molar-refractivity contribution >= 4 is 40.7 Å². The molecular weight excluding hydrogens is 526 g/mol. The van der Waals surface area contributed by atoms with Crippen molar-refractivity contribution in [2.24, 2.45) is 0 Å². The highest BCUT2D eigenvalue weighted by molar-refractivity contribution is 7.99. The summed E-state index contributed by atoms with van der Waals surface area (Å²) < 4.78 is 22.0. The summed E-state index contributed by atoms with van der Waals surface area (Å²) in [5.41, 5.74) is 2.85. The minimum atomic E-state index is 0.185. The van der Waals surface area contributed by atoms with Crippen LogP contribution in [0.4, 0.5) is 5.82 Å². The van der Waals surface area contributed by atoms with E-state index in [0.717, 1.165) is 5.69 Å². The second-order valence-electron chi connectivity index (χ2n) is 7.80. The molecule has 4 aromatic heterocycles. The molecule has 5 rings (SSSR count). The largest absolute Gasteiger partial charge is 0.494 e. The molecule has 10 nitrogen and oxygen atoms in total. The second kappa shape index (κ2) is 11.5. The number of rotatable bonds is 10. The van der Waals surface area contributed by atoms with Crippen LogP contribution in [0.25, 0.3) is 28.5 Å². The Kier molecular flexibility index (Phi) is 7.75. The Labute approximate surface area is 228 Å². The van der Waals surface area contributed by atoms with E-state index < -0.39 is 0 Å². The van der Waals surface area contributed by atoms with Gasteiger partial charge in [-0.1, -0.05) is 29.8 Å². The molecule has 0 amide bonds. The van der Waals surface area contributed by atoms with Gasteiger partial charge in [0.1, 0.15) is 22.9 Å². The topological polar surface area (TPSA) is 109 Å². The van der Waals surface area contributed by atoms with Crippen molar-refractivity contribution < 1.29 is 14.2 Å². The van der Waals surface area contributed by atoms with Gasteiger partial charge in [0, 0.05) is 12.3 Å². The molecular formula is C26H24ClN7O3S. The molecule has 4 heterocycles. The molecule has 0 spiro atoms. The Bertz CT molecular complexity index is 1540. The number of aromatic nitrogens is 6. The summed E-state index contributed by atoms with van der Waals surface area (Å²) in [4.78, 5) is 23.1. The molecule has 0 bridgehead atoms. The number of methoxy groups -OCH3 is 2. The third-order valence-corrected chi connectivity index (χ3v) is 6.48. The number of hydrogen-bond acceptors (Lipinski definition) is 10. The Morgan fingerprint density at radius 3 is 2.42 bits per heavy atom. The zero-order valence-electron chi connectivity index (χ0n) is 20.9. The molecule has 1 N–H and O–H groups in total. The van der Waals surface area contributed by atoms with Crippen LogP contribution >= 0.6 is 23.5 Å². The quantitative estimate of drug-likeness (QED) is 0.221. The van der Waals surface area contributed by atoms with Gasteiger partial charge < -0.3 is 18.9 Å². The van der Waals surface area contributed by atoms with Gasteiger partial charge in [-0.15, -0.1) is 0 Å². The van der Waals surface area contributed by atoms with Gasteiger partial charge in [0.05, 0.1) is 32.3 Å². The minimum absolute atomic E-state index is 0.185. The maximum absolute atomic E-state index is 6.52. The Hall–Kier alpha value is -4.09. The smallest absolute Gasteiger partial charge is 0.213 e. The van der Waals surface area contributed by atoms with Crippen molar-refractivity contribution in [3.63, 3.8) is 0 Å². The standard InChI is InChI=1S/C26H24ClN7O3S/c1-4-37-20-13-7-10-17(29-20)25-32-24-26(34(25)21-18(35-2)11-8-12-19(21)36-3)31-23(22(27)30-24)33-38-15-16-9-5-6-14-28-16/h5-14H,4,15H2,1-3H3,(H,31,33). The van der Waals surface area contributed by atoms with Crippen LogP contribution in [-0.2, 0) is 5.75 Å². The first-order valence-corrected chi connectivity index (χ1v) is 13.0. The highest BCUT2D eigenvalue weighted by atomic mass is 35.5. The Morgan fingerprint density at radius 2 is 1.71 bits per heavy atom. The summed E-state index contributed by atoms with van der Waals surface area (Å²) in [5.74, 6) is 3.05. The lowest BCUT2D eigenvalue weighted by Gasteiger charge is -2.16. The van der Waals surface area contributed by atoms with E-state index in [1.165, 1.54) is 11.9 Å². The van der Waals surface area contributed by atoms with E-state index in [0.29, 0.717) is 64.1 Å². The molecule has 0 atom stereocenters. The van der Waals surface area contributed by atoms with E-state index >= 15 is 0 Å². The number of hydrogen-bond donors (Lipinski definition) is 1. The van der Waals surface area contributed by atoms with Gasteiger partial charge in [0.15, 0.2) is 28.1 Å². The summed E-state index contributed by atoms with van der Waals surface area (Å²) in [6, 6.07) is 16.8. The van der Waals surface area contributed by atoms with Gasteiger partial charge >= 0.3 is 0 Å². The third-order valence-electron chi connectivity index (χ3n) is 5.44. The molecule has 0 unspecified atom stereocenters. The molecule has 0 aliphatic carbocycles. The third kappa shape index (κ3) is 5.15. The number of pyridine rings is 2. The summed E-state index contributed by atoms with van der Waals surface area (Å²) >= 11 is 7.93. The zero-order valence-corrected chi connectivity index (χ0v) is 22.5. The Morgan fingerprint density at radius 1 is 0.921 bits per heavy atom. The number of nitrogens with zero attached hydrogens (tertiary/aromatic N) is 6. The summed E-state index contributed by atoms with van der Waals surface area (Å²) in [7, 11) is 3.18. The first-order valence-electron chi connectivity index (χ1n) is 11.7. The normalized spacial score (nSPS) is 10.9. The maximum Gasteiger partial charge on any atom is 0.213 e. The van der Waals surface area contributed by atoms with Crippen molar-refractivity contribution in [1.29, 1.82) is 0 Å². The fourth-order valence-electron chi connectivity index (χ4n) is 3.80. The average molecular weight is 550 g/mol. The highest BCUT2D eigenvalue weighted by Crippen LogP contribution is 2.38. The van der Waals surface area contributed by atoms with Crippen LogP contribution in [0.5, 0.6) is 17.4 Å². The molecule has 12 heteroatoms. The fraction of sp³-hybridized carbons (Fsp3) is 0.192. The molecule has 0 aliphatic rings. The number of nitrogens with one attached hydrogen (secondary N) is 1. The molecule has 0 saturated heterocycles. The molecule has 5 aromatic rings. The van der Waals surface area contributed by atoms with E-state index in [2.05, 4.69) is 19.7 Å². The van der Waals surface area contributed by atoms with E-state index in [9.17, 15) is 0 Å². The summed E-state index contributed by atoms with van der Waals surface area (Å²) in [6.07, 6.45) is 1.75. The van der Waals surface area contributed by atoms with Crippen LogP contribution in [0.2, 0.25) is 5.15 Å².